The quantitative estimate of drug-likeness (QED) is 0.799. The minimum Gasteiger partial charge on any atom is -0.458 e. The Hall–Kier alpha value is -2.14. The highest BCUT2D eigenvalue weighted by Crippen LogP contribution is 2.50. The lowest BCUT2D eigenvalue weighted by Gasteiger charge is -2.51. The first kappa shape index (κ1) is 19.6. The highest BCUT2D eigenvalue weighted by Gasteiger charge is 2.52. The largest absolute Gasteiger partial charge is 0.458 e. The molecule has 146 valence electrons. The van der Waals surface area contributed by atoms with Crippen molar-refractivity contribution in [3.8, 4) is 0 Å². The van der Waals surface area contributed by atoms with Crippen LogP contribution in [-0.2, 0) is 14.3 Å². The van der Waals surface area contributed by atoms with Crippen LogP contribution in [0, 0.1) is 11.3 Å². The molecule has 0 radical (unpaired) electrons. The van der Waals surface area contributed by atoms with Gasteiger partial charge in [0.05, 0.1) is 11.2 Å². The van der Waals surface area contributed by atoms with Gasteiger partial charge in [-0.05, 0) is 56.7 Å². The Kier molecular flexibility index (Phi) is 5.43. The first-order chi connectivity index (χ1) is 12.7. The fourth-order valence-electron chi connectivity index (χ4n) is 4.56. The number of carbonyl (C=O) groups is 2. The Morgan fingerprint density at radius 3 is 2.59 bits per heavy atom. The zero-order chi connectivity index (χ0) is 19.7. The summed E-state index contributed by atoms with van der Waals surface area (Å²) in [6, 6.07) is 8.96. The molecule has 5 nitrogen and oxygen atoms in total. The van der Waals surface area contributed by atoms with E-state index in [1.165, 1.54) is 0 Å². The van der Waals surface area contributed by atoms with Gasteiger partial charge in [-0.1, -0.05) is 32.0 Å². The standard InChI is InChI=1S/C22H28O5/c1-21(2)17(10-9-16-12-14-26-19(16)23)22(3,25)13-11-18(21)27-20(24)15-7-5-4-6-8-15/h4-8,12,17-18,25H,9-11,13-14H2,1-3H3/t17-,18-,22-/m0/s1. The Morgan fingerprint density at radius 2 is 1.96 bits per heavy atom. The molecule has 1 aliphatic carbocycles. The number of hydrogen-bond donors (Lipinski definition) is 1. The summed E-state index contributed by atoms with van der Waals surface area (Å²) in [4.78, 5) is 24.2. The lowest BCUT2D eigenvalue weighted by Crippen LogP contribution is -2.54. The molecule has 0 amide bonds. The van der Waals surface area contributed by atoms with Crippen LogP contribution in [0.5, 0.6) is 0 Å². The van der Waals surface area contributed by atoms with Crippen molar-refractivity contribution in [3.63, 3.8) is 0 Å². The maximum Gasteiger partial charge on any atom is 0.338 e. The lowest BCUT2D eigenvalue weighted by atomic mass is 9.59. The molecule has 1 heterocycles. The number of ether oxygens (including phenoxy) is 2. The molecule has 1 aliphatic heterocycles. The van der Waals surface area contributed by atoms with Gasteiger partial charge < -0.3 is 14.6 Å². The number of esters is 2. The number of hydrogen-bond acceptors (Lipinski definition) is 5. The number of aliphatic hydroxyl groups is 1. The van der Waals surface area contributed by atoms with Crippen LogP contribution in [0.15, 0.2) is 42.0 Å². The molecule has 2 aliphatic rings. The molecule has 1 fully saturated rings. The molecule has 1 aromatic carbocycles. The number of benzene rings is 1. The van der Waals surface area contributed by atoms with E-state index >= 15 is 0 Å². The van der Waals surface area contributed by atoms with Crippen molar-refractivity contribution in [2.45, 2.75) is 58.2 Å². The molecular formula is C22H28O5. The van der Waals surface area contributed by atoms with Crippen LogP contribution >= 0.6 is 0 Å². The van der Waals surface area contributed by atoms with Crippen LogP contribution in [0.25, 0.3) is 0 Å². The Morgan fingerprint density at radius 1 is 1.26 bits per heavy atom. The maximum absolute atomic E-state index is 12.5. The summed E-state index contributed by atoms with van der Waals surface area (Å²) >= 11 is 0. The zero-order valence-corrected chi connectivity index (χ0v) is 16.2. The fourth-order valence-corrected chi connectivity index (χ4v) is 4.56. The van der Waals surface area contributed by atoms with E-state index in [1.54, 1.807) is 18.2 Å². The second-order valence-electron chi connectivity index (χ2n) is 8.40. The van der Waals surface area contributed by atoms with Gasteiger partial charge in [0.25, 0.3) is 0 Å². The van der Waals surface area contributed by atoms with Crippen molar-refractivity contribution >= 4 is 11.9 Å². The predicted molar refractivity (Wildman–Crippen MR) is 101 cm³/mol. The van der Waals surface area contributed by atoms with Crippen molar-refractivity contribution < 1.29 is 24.2 Å². The van der Waals surface area contributed by atoms with E-state index in [1.807, 2.05) is 39.0 Å². The molecule has 0 saturated heterocycles. The SMILES string of the molecule is CC1(C)[C@@H](OC(=O)c2ccccc2)CC[C@](C)(O)[C@H]1CCC1=CCOC1=O. The molecule has 27 heavy (non-hydrogen) atoms. The van der Waals surface area contributed by atoms with Crippen molar-refractivity contribution in [2.75, 3.05) is 6.61 Å². The van der Waals surface area contributed by atoms with Crippen LogP contribution < -0.4 is 0 Å². The molecule has 1 aromatic rings. The minimum absolute atomic E-state index is 0.110. The van der Waals surface area contributed by atoms with Crippen LogP contribution in [0.2, 0.25) is 0 Å². The topological polar surface area (TPSA) is 72.8 Å². The first-order valence-electron chi connectivity index (χ1n) is 9.56. The molecule has 0 spiro atoms. The van der Waals surface area contributed by atoms with Gasteiger partial charge in [0, 0.05) is 11.0 Å². The third-order valence-corrected chi connectivity index (χ3v) is 6.16. The van der Waals surface area contributed by atoms with Gasteiger partial charge in [0.15, 0.2) is 0 Å². The average molecular weight is 372 g/mol. The Balaban J connectivity index is 1.73. The Labute approximate surface area is 160 Å². The van der Waals surface area contributed by atoms with Crippen molar-refractivity contribution in [3.05, 3.63) is 47.5 Å². The molecule has 1 saturated carbocycles. The summed E-state index contributed by atoms with van der Waals surface area (Å²) in [5.41, 5.74) is -0.0941. The summed E-state index contributed by atoms with van der Waals surface area (Å²) in [7, 11) is 0. The van der Waals surface area contributed by atoms with Crippen molar-refractivity contribution in [1.29, 1.82) is 0 Å². The number of rotatable bonds is 5. The van der Waals surface area contributed by atoms with Gasteiger partial charge in [-0.15, -0.1) is 0 Å². The maximum atomic E-state index is 12.5. The third kappa shape index (κ3) is 4.08. The van der Waals surface area contributed by atoms with Gasteiger partial charge in [0.2, 0.25) is 0 Å². The molecule has 0 bridgehead atoms. The second kappa shape index (κ2) is 7.47. The highest BCUT2D eigenvalue weighted by molar-refractivity contribution is 5.90. The Bertz CT molecular complexity index is 732. The molecule has 5 heteroatoms. The highest BCUT2D eigenvalue weighted by atomic mass is 16.5. The van der Waals surface area contributed by atoms with E-state index in [4.69, 9.17) is 9.47 Å². The molecule has 0 unspecified atom stereocenters. The van der Waals surface area contributed by atoms with E-state index in [-0.39, 0.29) is 24.0 Å². The van der Waals surface area contributed by atoms with Gasteiger partial charge >= 0.3 is 11.9 Å². The van der Waals surface area contributed by atoms with Crippen LogP contribution in [0.3, 0.4) is 0 Å². The zero-order valence-electron chi connectivity index (χ0n) is 16.2. The summed E-state index contributed by atoms with van der Waals surface area (Å²) in [5, 5.41) is 11.0. The summed E-state index contributed by atoms with van der Waals surface area (Å²) in [5.74, 6) is -0.715. The second-order valence-corrected chi connectivity index (χ2v) is 8.40. The smallest absolute Gasteiger partial charge is 0.338 e. The summed E-state index contributed by atoms with van der Waals surface area (Å²) < 4.78 is 10.8. The first-order valence-corrected chi connectivity index (χ1v) is 9.56. The normalized spacial score (nSPS) is 29.8. The van der Waals surface area contributed by atoms with Crippen LogP contribution in [-0.4, -0.2) is 35.4 Å². The monoisotopic (exact) mass is 372 g/mol. The van der Waals surface area contributed by atoms with Gasteiger partial charge in [-0.3, -0.25) is 0 Å². The molecule has 3 atom stereocenters. The van der Waals surface area contributed by atoms with E-state index < -0.39 is 11.0 Å². The van der Waals surface area contributed by atoms with Gasteiger partial charge in [0.1, 0.15) is 12.7 Å². The molecule has 1 N–H and O–H groups in total. The van der Waals surface area contributed by atoms with Crippen LogP contribution in [0.4, 0.5) is 0 Å². The van der Waals surface area contributed by atoms with E-state index in [2.05, 4.69) is 0 Å². The third-order valence-electron chi connectivity index (χ3n) is 6.16. The van der Waals surface area contributed by atoms with E-state index in [0.717, 1.165) is 0 Å². The summed E-state index contributed by atoms with van der Waals surface area (Å²) in [6.07, 6.45) is 3.87. The molecule has 3 rings (SSSR count). The molecular weight excluding hydrogens is 344 g/mol. The van der Waals surface area contributed by atoms with E-state index in [9.17, 15) is 14.7 Å². The predicted octanol–water partition coefficient (Wildman–Crippen LogP) is 3.66. The minimum atomic E-state index is -0.873. The molecule has 0 aromatic heterocycles. The fraction of sp³-hybridized carbons (Fsp3) is 0.545. The summed E-state index contributed by atoms with van der Waals surface area (Å²) in [6.45, 7) is 6.25. The van der Waals surface area contributed by atoms with Crippen molar-refractivity contribution in [2.24, 2.45) is 11.3 Å². The number of carbonyl (C=O) groups excluding carboxylic acids is 2. The van der Waals surface area contributed by atoms with Gasteiger partial charge in [-0.25, -0.2) is 9.59 Å². The average Bonchev–Trinajstić information content (AvgIpc) is 3.03. The van der Waals surface area contributed by atoms with Gasteiger partial charge in [-0.2, -0.15) is 0 Å². The van der Waals surface area contributed by atoms with Crippen LogP contribution in [0.1, 0.15) is 56.8 Å². The lowest BCUT2D eigenvalue weighted by molar-refractivity contribution is -0.148. The number of cyclic esters (lactones) is 1. The van der Waals surface area contributed by atoms with E-state index in [0.29, 0.717) is 43.4 Å². The van der Waals surface area contributed by atoms with Crippen molar-refractivity contribution in [1.82, 2.24) is 0 Å².